The number of benzene rings is 2. The van der Waals surface area contributed by atoms with E-state index in [0.29, 0.717) is 17.7 Å². The smallest absolute Gasteiger partial charge is 0.269 e. The lowest BCUT2D eigenvalue weighted by atomic mass is 10.1. The van der Waals surface area contributed by atoms with Crippen molar-refractivity contribution in [2.45, 2.75) is 6.92 Å². The SMILES string of the molecule is C/C(=N/N(C=O)c1ccc([N+](=O)[O-])cc1)C(=O)c1ccccc1. The summed E-state index contributed by atoms with van der Waals surface area (Å²) in [5.74, 6) is -0.306. The molecule has 2 aromatic carbocycles. The van der Waals surface area contributed by atoms with E-state index in [4.69, 9.17) is 0 Å². The predicted octanol–water partition coefficient (Wildman–Crippen LogP) is 2.82. The molecule has 7 heteroatoms. The number of anilines is 1. The molecule has 0 bridgehead atoms. The fourth-order valence-corrected chi connectivity index (χ4v) is 1.87. The summed E-state index contributed by atoms with van der Waals surface area (Å²) in [5.41, 5.74) is 0.816. The molecule has 0 aromatic heterocycles. The van der Waals surface area contributed by atoms with Crippen molar-refractivity contribution < 1.29 is 14.5 Å². The highest BCUT2D eigenvalue weighted by Crippen LogP contribution is 2.19. The van der Waals surface area contributed by atoms with E-state index in [9.17, 15) is 19.7 Å². The van der Waals surface area contributed by atoms with Crippen molar-refractivity contribution in [2.24, 2.45) is 5.10 Å². The first-order chi connectivity index (χ1) is 11.0. The molecule has 23 heavy (non-hydrogen) atoms. The predicted molar refractivity (Wildman–Crippen MR) is 85.5 cm³/mol. The Balaban J connectivity index is 2.25. The van der Waals surface area contributed by atoms with E-state index < -0.39 is 4.92 Å². The van der Waals surface area contributed by atoms with E-state index in [-0.39, 0.29) is 17.2 Å². The molecule has 2 aromatic rings. The van der Waals surface area contributed by atoms with E-state index in [1.165, 1.54) is 31.2 Å². The average Bonchev–Trinajstić information content (AvgIpc) is 2.59. The van der Waals surface area contributed by atoms with Crippen LogP contribution in [0, 0.1) is 10.1 Å². The van der Waals surface area contributed by atoms with E-state index in [2.05, 4.69) is 5.10 Å². The Bertz CT molecular complexity index is 755. The topological polar surface area (TPSA) is 92.9 Å². The molecular weight excluding hydrogens is 298 g/mol. The molecule has 0 saturated heterocycles. The summed E-state index contributed by atoms with van der Waals surface area (Å²) < 4.78 is 0. The third-order valence-electron chi connectivity index (χ3n) is 3.05. The van der Waals surface area contributed by atoms with Gasteiger partial charge in [0.2, 0.25) is 12.2 Å². The minimum absolute atomic E-state index is 0.0966. The maximum Gasteiger partial charge on any atom is 0.269 e. The third-order valence-corrected chi connectivity index (χ3v) is 3.05. The van der Waals surface area contributed by atoms with Gasteiger partial charge in [-0.1, -0.05) is 30.3 Å². The number of nitro benzene ring substituents is 1. The van der Waals surface area contributed by atoms with Gasteiger partial charge in [0.25, 0.3) is 5.69 Å². The first-order valence-corrected chi connectivity index (χ1v) is 6.67. The number of non-ortho nitro benzene ring substituents is 1. The molecule has 2 rings (SSSR count). The highest BCUT2D eigenvalue weighted by molar-refractivity contribution is 6.45. The zero-order valence-corrected chi connectivity index (χ0v) is 12.2. The largest absolute Gasteiger partial charge is 0.287 e. The second-order valence-electron chi connectivity index (χ2n) is 4.60. The van der Waals surface area contributed by atoms with Crippen LogP contribution in [-0.4, -0.2) is 22.8 Å². The number of rotatable bonds is 6. The Hall–Kier alpha value is -3.35. The Labute approximate surface area is 132 Å². The number of nitrogens with zero attached hydrogens (tertiary/aromatic N) is 3. The molecule has 0 aliphatic heterocycles. The molecule has 0 heterocycles. The Kier molecular flexibility index (Phi) is 4.93. The monoisotopic (exact) mass is 311 g/mol. The Morgan fingerprint density at radius 2 is 1.74 bits per heavy atom. The molecule has 0 spiro atoms. The molecule has 0 N–H and O–H groups in total. The van der Waals surface area contributed by atoms with Gasteiger partial charge in [-0.25, -0.2) is 5.01 Å². The second-order valence-corrected chi connectivity index (χ2v) is 4.60. The number of amides is 1. The van der Waals surface area contributed by atoms with Crippen LogP contribution < -0.4 is 5.01 Å². The van der Waals surface area contributed by atoms with Crippen molar-refractivity contribution in [3.63, 3.8) is 0 Å². The molecule has 7 nitrogen and oxygen atoms in total. The average molecular weight is 311 g/mol. The molecule has 116 valence electrons. The van der Waals surface area contributed by atoms with Gasteiger partial charge in [-0.05, 0) is 19.1 Å². The summed E-state index contributed by atoms with van der Waals surface area (Å²) >= 11 is 0. The maximum absolute atomic E-state index is 12.2. The van der Waals surface area contributed by atoms with E-state index >= 15 is 0 Å². The van der Waals surface area contributed by atoms with Crippen LogP contribution in [0.2, 0.25) is 0 Å². The van der Waals surface area contributed by atoms with Crippen LogP contribution in [0.5, 0.6) is 0 Å². The van der Waals surface area contributed by atoms with Crippen molar-refractivity contribution in [1.82, 2.24) is 0 Å². The lowest BCUT2D eigenvalue weighted by Gasteiger charge is -2.12. The fourth-order valence-electron chi connectivity index (χ4n) is 1.87. The van der Waals surface area contributed by atoms with Gasteiger partial charge in [-0.2, -0.15) is 5.10 Å². The lowest BCUT2D eigenvalue weighted by Crippen LogP contribution is -2.20. The minimum Gasteiger partial charge on any atom is -0.287 e. The van der Waals surface area contributed by atoms with Gasteiger partial charge >= 0.3 is 0 Å². The van der Waals surface area contributed by atoms with Gasteiger partial charge in [0.05, 0.1) is 10.6 Å². The van der Waals surface area contributed by atoms with Crippen LogP contribution in [0.25, 0.3) is 0 Å². The zero-order valence-electron chi connectivity index (χ0n) is 12.2. The number of nitro groups is 1. The highest BCUT2D eigenvalue weighted by atomic mass is 16.6. The first kappa shape index (κ1) is 16.0. The first-order valence-electron chi connectivity index (χ1n) is 6.67. The van der Waals surface area contributed by atoms with Crippen LogP contribution in [0.4, 0.5) is 11.4 Å². The Morgan fingerprint density at radius 1 is 1.13 bits per heavy atom. The molecule has 0 radical (unpaired) electrons. The molecule has 0 fully saturated rings. The number of hydrazone groups is 1. The number of carbonyl (C=O) groups excluding carboxylic acids is 2. The highest BCUT2D eigenvalue weighted by Gasteiger charge is 2.13. The van der Waals surface area contributed by atoms with Gasteiger partial charge in [-0.15, -0.1) is 0 Å². The number of ketones is 1. The van der Waals surface area contributed by atoms with Gasteiger partial charge in [0, 0.05) is 17.7 Å². The Morgan fingerprint density at radius 3 is 2.26 bits per heavy atom. The van der Waals surface area contributed by atoms with Crippen molar-refractivity contribution in [2.75, 3.05) is 5.01 Å². The van der Waals surface area contributed by atoms with Crippen LogP contribution in [-0.2, 0) is 4.79 Å². The molecule has 0 aliphatic carbocycles. The van der Waals surface area contributed by atoms with Crippen molar-refractivity contribution in [3.8, 4) is 0 Å². The van der Waals surface area contributed by atoms with Crippen molar-refractivity contribution in [1.29, 1.82) is 0 Å². The number of carbonyl (C=O) groups is 2. The number of Topliss-reactive ketones (excluding diaryl/α,β-unsaturated/α-hetero) is 1. The van der Waals surface area contributed by atoms with Crippen LogP contribution in [0.15, 0.2) is 59.7 Å². The van der Waals surface area contributed by atoms with Crippen LogP contribution >= 0.6 is 0 Å². The molecule has 0 unspecified atom stereocenters. The van der Waals surface area contributed by atoms with Crippen molar-refractivity contribution in [3.05, 3.63) is 70.3 Å². The minimum atomic E-state index is -0.539. The fraction of sp³-hybridized carbons (Fsp3) is 0.0625. The zero-order chi connectivity index (χ0) is 16.8. The molecule has 0 atom stereocenters. The van der Waals surface area contributed by atoms with Crippen molar-refractivity contribution >= 4 is 29.3 Å². The number of hydrogen-bond donors (Lipinski definition) is 0. The summed E-state index contributed by atoms with van der Waals surface area (Å²) in [6.45, 7) is 1.50. The second kappa shape index (κ2) is 7.08. The van der Waals surface area contributed by atoms with E-state index in [0.717, 1.165) is 5.01 Å². The van der Waals surface area contributed by atoms with E-state index in [1.54, 1.807) is 30.3 Å². The summed E-state index contributed by atoms with van der Waals surface area (Å²) in [5, 5.41) is 15.6. The molecular formula is C16H13N3O4. The lowest BCUT2D eigenvalue weighted by molar-refractivity contribution is -0.384. The van der Waals surface area contributed by atoms with Gasteiger partial charge in [0.15, 0.2) is 0 Å². The van der Waals surface area contributed by atoms with Gasteiger partial charge in [-0.3, -0.25) is 19.7 Å². The standard InChI is InChI=1S/C16H13N3O4/c1-12(16(21)13-5-3-2-4-6-13)17-18(11-20)14-7-9-15(10-8-14)19(22)23/h2-11H,1H3/b17-12-. The van der Waals surface area contributed by atoms with Gasteiger partial charge < -0.3 is 0 Å². The molecule has 0 saturated carbocycles. The normalized spacial score (nSPS) is 10.9. The van der Waals surface area contributed by atoms with Crippen LogP contribution in [0.3, 0.4) is 0 Å². The van der Waals surface area contributed by atoms with Gasteiger partial charge in [0.1, 0.15) is 5.71 Å². The molecule has 1 amide bonds. The van der Waals surface area contributed by atoms with E-state index in [1.807, 2.05) is 0 Å². The summed E-state index contributed by atoms with van der Waals surface area (Å²) in [4.78, 5) is 33.5. The summed E-state index contributed by atoms with van der Waals surface area (Å²) in [7, 11) is 0. The maximum atomic E-state index is 12.2. The quantitative estimate of drug-likeness (QED) is 0.269. The molecule has 0 aliphatic rings. The third kappa shape index (κ3) is 3.85. The summed E-state index contributed by atoms with van der Waals surface area (Å²) in [6.07, 6.45) is 0.433. The summed E-state index contributed by atoms with van der Waals surface area (Å²) in [6, 6.07) is 13.8. The van der Waals surface area contributed by atoms with Crippen LogP contribution in [0.1, 0.15) is 17.3 Å². The number of hydrogen-bond acceptors (Lipinski definition) is 5.